The normalized spacial score (nSPS) is 11.2. The number of carbonyl (C=O) groups excluding carboxylic acids is 2. The van der Waals surface area contributed by atoms with E-state index in [0.29, 0.717) is 33.0 Å². The van der Waals surface area contributed by atoms with Crippen molar-refractivity contribution in [2.75, 3.05) is 12.4 Å². The van der Waals surface area contributed by atoms with Crippen LogP contribution >= 0.6 is 58.0 Å². The number of nitrogens with zero attached hydrogens (tertiary/aromatic N) is 6. The SMILES string of the molecule is CNC(=O)c1cc(Cl)cc(C)c1NC(=O)c1cc(Cn2nnc3c(Cl)c(Cl)c(Cl)cc32)nn1-c1ncccc1Cl. The molecule has 40 heavy (non-hydrogen) atoms. The third kappa shape index (κ3) is 5.21. The van der Waals surface area contributed by atoms with Crippen LogP contribution < -0.4 is 10.6 Å². The van der Waals surface area contributed by atoms with E-state index in [1.807, 2.05) is 0 Å². The van der Waals surface area contributed by atoms with Gasteiger partial charge in [-0.15, -0.1) is 5.10 Å². The molecule has 0 aliphatic heterocycles. The van der Waals surface area contributed by atoms with Gasteiger partial charge in [-0.3, -0.25) is 9.59 Å². The van der Waals surface area contributed by atoms with E-state index < -0.39 is 11.8 Å². The Morgan fingerprint density at radius 2 is 1.75 bits per heavy atom. The van der Waals surface area contributed by atoms with Crippen molar-refractivity contribution in [2.24, 2.45) is 0 Å². The van der Waals surface area contributed by atoms with Gasteiger partial charge in [0.05, 0.1) is 49.1 Å². The Balaban J connectivity index is 1.59. The number of carbonyl (C=O) groups is 2. The number of amides is 2. The number of benzene rings is 2. The molecule has 2 aromatic carbocycles. The number of halogens is 5. The minimum absolute atomic E-state index is 0.0893. The second-order valence-corrected chi connectivity index (χ2v) is 10.5. The van der Waals surface area contributed by atoms with Gasteiger partial charge in [-0.1, -0.05) is 63.2 Å². The van der Waals surface area contributed by atoms with E-state index in [2.05, 4.69) is 31.0 Å². The van der Waals surface area contributed by atoms with Crippen molar-refractivity contribution in [3.63, 3.8) is 0 Å². The minimum atomic E-state index is -0.572. The zero-order valence-electron chi connectivity index (χ0n) is 20.6. The van der Waals surface area contributed by atoms with Gasteiger partial charge in [0, 0.05) is 18.3 Å². The van der Waals surface area contributed by atoms with Crippen molar-refractivity contribution < 1.29 is 9.59 Å². The minimum Gasteiger partial charge on any atom is -0.355 e. The quantitative estimate of drug-likeness (QED) is 0.212. The topological polar surface area (TPSA) is 120 Å². The summed E-state index contributed by atoms with van der Waals surface area (Å²) < 4.78 is 2.83. The van der Waals surface area contributed by atoms with E-state index in [1.54, 1.807) is 37.3 Å². The lowest BCUT2D eigenvalue weighted by atomic mass is 10.1. The van der Waals surface area contributed by atoms with E-state index >= 15 is 0 Å². The van der Waals surface area contributed by atoms with E-state index in [1.165, 1.54) is 28.7 Å². The number of pyridine rings is 1. The van der Waals surface area contributed by atoms with Crippen LogP contribution in [0.15, 0.2) is 42.6 Å². The molecule has 0 radical (unpaired) electrons. The predicted molar refractivity (Wildman–Crippen MR) is 156 cm³/mol. The summed E-state index contributed by atoms with van der Waals surface area (Å²) in [5.74, 6) is -0.767. The summed E-state index contributed by atoms with van der Waals surface area (Å²) in [6, 6.07) is 9.54. The van der Waals surface area contributed by atoms with Crippen LogP contribution in [0.2, 0.25) is 25.1 Å². The number of anilines is 1. The van der Waals surface area contributed by atoms with Gasteiger partial charge >= 0.3 is 0 Å². The molecule has 0 fully saturated rings. The number of aromatic nitrogens is 6. The molecule has 15 heteroatoms. The molecule has 204 valence electrons. The molecule has 3 aromatic heterocycles. The summed E-state index contributed by atoms with van der Waals surface area (Å²) in [7, 11) is 1.48. The molecule has 0 unspecified atom stereocenters. The monoisotopic (exact) mass is 636 g/mol. The zero-order valence-corrected chi connectivity index (χ0v) is 24.4. The van der Waals surface area contributed by atoms with Gasteiger partial charge in [0.2, 0.25) is 0 Å². The first kappa shape index (κ1) is 28.1. The van der Waals surface area contributed by atoms with Crippen molar-refractivity contribution in [3.05, 3.63) is 90.2 Å². The van der Waals surface area contributed by atoms with E-state index in [4.69, 9.17) is 58.0 Å². The number of rotatable bonds is 6. The van der Waals surface area contributed by atoms with Crippen molar-refractivity contribution in [1.29, 1.82) is 0 Å². The second-order valence-electron chi connectivity index (χ2n) is 8.52. The van der Waals surface area contributed by atoms with Gasteiger partial charge in [0.25, 0.3) is 11.8 Å². The van der Waals surface area contributed by atoms with E-state index in [0.717, 1.165) is 0 Å². The molecule has 0 saturated carbocycles. The highest BCUT2D eigenvalue weighted by atomic mass is 35.5. The highest BCUT2D eigenvalue weighted by Gasteiger charge is 2.24. The Hall–Kier alpha value is -3.41. The second kappa shape index (κ2) is 11.2. The average Bonchev–Trinajstić information content (AvgIpc) is 3.53. The van der Waals surface area contributed by atoms with Crippen LogP contribution in [0.5, 0.6) is 0 Å². The molecule has 10 nitrogen and oxygen atoms in total. The highest BCUT2D eigenvalue weighted by Crippen LogP contribution is 2.36. The number of hydrogen-bond acceptors (Lipinski definition) is 6. The molecule has 5 aromatic rings. The predicted octanol–water partition coefficient (Wildman–Crippen LogP) is 6.25. The van der Waals surface area contributed by atoms with Crippen molar-refractivity contribution in [3.8, 4) is 5.82 Å². The molecular weight excluding hydrogens is 622 g/mol. The third-order valence-corrected chi connectivity index (χ3v) is 7.67. The molecule has 0 aliphatic carbocycles. The maximum absolute atomic E-state index is 13.7. The molecule has 5 rings (SSSR count). The first-order chi connectivity index (χ1) is 19.1. The standard InChI is InChI=1S/C25H17Cl5N8O2/c1-11-6-12(26)7-14(24(39)31-2)21(11)33-25(40)18-8-13(35-38(18)23-15(27)4-3-5-32-23)10-37-17-9-16(28)19(29)20(30)22(17)34-36-37/h3-9H,10H2,1-2H3,(H,31,39)(H,33,40). The van der Waals surface area contributed by atoms with Crippen LogP contribution in [0, 0.1) is 6.92 Å². The van der Waals surface area contributed by atoms with E-state index in [-0.39, 0.29) is 43.7 Å². The summed E-state index contributed by atoms with van der Waals surface area (Å²) in [4.78, 5) is 30.5. The molecule has 0 saturated heterocycles. The Morgan fingerprint density at radius 1 is 0.975 bits per heavy atom. The summed E-state index contributed by atoms with van der Waals surface area (Å²) in [6.07, 6.45) is 1.52. The average molecular weight is 639 g/mol. The van der Waals surface area contributed by atoms with Crippen LogP contribution in [0.1, 0.15) is 32.1 Å². The van der Waals surface area contributed by atoms with Crippen LogP contribution in [0.4, 0.5) is 5.69 Å². The highest BCUT2D eigenvalue weighted by molar-refractivity contribution is 6.50. The summed E-state index contributed by atoms with van der Waals surface area (Å²) in [6.45, 7) is 1.82. The van der Waals surface area contributed by atoms with Gasteiger partial charge in [-0.2, -0.15) is 5.10 Å². The molecule has 3 heterocycles. The lowest BCUT2D eigenvalue weighted by Crippen LogP contribution is -2.23. The van der Waals surface area contributed by atoms with Crippen molar-refractivity contribution in [2.45, 2.75) is 13.5 Å². The van der Waals surface area contributed by atoms with Gasteiger partial charge in [-0.05, 0) is 48.9 Å². The fraction of sp³-hybridized carbons (Fsp3) is 0.120. The fourth-order valence-electron chi connectivity index (χ4n) is 4.05. The van der Waals surface area contributed by atoms with Crippen LogP contribution in [0.25, 0.3) is 16.9 Å². The number of hydrogen-bond donors (Lipinski definition) is 2. The lowest BCUT2D eigenvalue weighted by Gasteiger charge is -2.14. The molecule has 2 amide bonds. The third-order valence-electron chi connectivity index (χ3n) is 5.90. The first-order valence-corrected chi connectivity index (χ1v) is 13.4. The summed E-state index contributed by atoms with van der Waals surface area (Å²) >= 11 is 31.2. The van der Waals surface area contributed by atoms with Crippen LogP contribution in [0.3, 0.4) is 0 Å². The van der Waals surface area contributed by atoms with Gasteiger partial charge in [-0.25, -0.2) is 14.3 Å². The maximum atomic E-state index is 13.7. The smallest absolute Gasteiger partial charge is 0.274 e. The van der Waals surface area contributed by atoms with Gasteiger partial charge in [0.1, 0.15) is 11.2 Å². The molecular formula is C25H17Cl5N8O2. The lowest BCUT2D eigenvalue weighted by molar-refractivity contribution is 0.0964. The fourth-order valence-corrected chi connectivity index (χ4v) is 5.15. The van der Waals surface area contributed by atoms with E-state index in [9.17, 15) is 9.59 Å². The summed E-state index contributed by atoms with van der Waals surface area (Å²) in [5, 5.41) is 19.4. The molecule has 0 aliphatic rings. The molecule has 0 bridgehead atoms. The Bertz CT molecular complexity index is 1820. The Labute approximate surface area is 252 Å². The Kier molecular flexibility index (Phi) is 7.89. The zero-order chi connectivity index (χ0) is 28.7. The van der Waals surface area contributed by atoms with Crippen molar-refractivity contribution >= 4 is 86.5 Å². The van der Waals surface area contributed by atoms with Gasteiger partial charge < -0.3 is 10.6 Å². The first-order valence-electron chi connectivity index (χ1n) is 11.5. The molecule has 0 spiro atoms. The summed E-state index contributed by atoms with van der Waals surface area (Å²) in [5.41, 5.74) is 2.46. The largest absolute Gasteiger partial charge is 0.355 e. The maximum Gasteiger partial charge on any atom is 0.274 e. The molecule has 0 atom stereocenters. The number of fused-ring (bicyclic) bond motifs is 1. The molecule has 2 N–H and O–H groups in total. The Morgan fingerprint density at radius 3 is 2.48 bits per heavy atom. The van der Waals surface area contributed by atoms with Gasteiger partial charge in [0.15, 0.2) is 5.82 Å². The van der Waals surface area contributed by atoms with Crippen molar-refractivity contribution in [1.82, 2.24) is 35.1 Å². The number of aryl methyl sites for hydroxylation is 1. The van der Waals surface area contributed by atoms with Crippen LogP contribution in [-0.2, 0) is 6.54 Å². The number of nitrogens with one attached hydrogen (secondary N) is 2. The van der Waals surface area contributed by atoms with Crippen LogP contribution in [-0.4, -0.2) is 48.6 Å².